The molecule has 290 valence electrons. The maximum atomic E-state index is 14.6. The fraction of sp³-hybridized carbons (Fsp3) is 0.436. The molecule has 4 rings (SSSR count). The second-order valence-electron chi connectivity index (χ2n) is 12.3. The molecule has 2 aliphatic carbocycles. The molecule has 0 aromatic heterocycles. The average molecular weight is 757 g/mol. The number of rotatable bonds is 19. The molecular weight excluding hydrogens is 703 g/mol. The molecule has 13 nitrogen and oxygen atoms in total. The van der Waals surface area contributed by atoms with Crippen molar-refractivity contribution in [3.05, 3.63) is 88.3 Å². The molecule has 0 spiro atoms. The first-order chi connectivity index (χ1) is 25.7. The minimum atomic E-state index is -3.89. The van der Waals surface area contributed by atoms with Gasteiger partial charge in [-0.05, 0) is 0 Å². The van der Waals surface area contributed by atoms with Gasteiger partial charge in [0.15, 0.2) is 0 Å². The molecular formula is C39H53N2O11P. The molecule has 0 saturated heterocycles. The summed E-state index contributed by atoms with van der Waals surface area (Å²) in [4.78, 5) is 27.3. The van der Waals surface area contributed by atoms with E-state index in [9.17, 15) is 9.59 Å². The topological polar surface area (TPSA) is 141 Å². The van der Waals surface area contributed by atoms with Crippen molar-refractivity contribution in [3.63, 3.8) is 0 Å². The van der Waals surface area contributed by atoms with Crippen LogP contribution in [0.5, 0.6) is 17.2 Å². The van der Waals surface area contributed by atoms with E-state index in [1.807, 2.05) is 42.5 Å². The first-order valence-electron chi connectivity index (χ1n) is 17.2. The van der Waals surface area contributed by atoms with Gasteiger partial charge >= 0.3 is 313 Å². The van der Waals surface area contributed by atoms with Gasteiger partial charge in [-0.2, -0.15) is 0 Å². The van der Waals surface area contributed by atoms with Crippen LogP contribution in [0.25, 0.3) is 0 Å². The van der Waals surface area contributed by atoms with Crippen LogP contribution in [0, 0.1) is 0 Å². The van der Waals surface area contributed by atoms with E-state index in [4.69, 9.17) is 42.6 Å². The molecule has 0 saturated carbocycles. The molecule has 2 aliphatic rings. The molecule has 2 atom stereocenters. The van der Waals surface area contributed by atoms with Crippen molar-refractivity contribution in [2.45, 2.75) is 37.9 Å². The fourth-order valence-electron chi connectivity index (χ4n) is 7.09. The van der Waals surface area contributed by atoms with Gasteiger partial charge in [0, 0.05) is 0 Å². The maximum absolute atomic E-state index is 14.6. The second-order valence-corrected chi connectivity index (χ2v) is 16.0. The molecule has 2 aromatic rings. The average Bonchev–Trinajstić information content (AvgIpc) is 3.20. The van der Waals surface area contributed by atoms with E-state index in [1.165, 1.54) is 0 Å². The van der Waals surface area contributed by atoms with E-state index in [0.717, 1.165) is 10.6 Å². The second kappa shape index (κ2) is 19.4. The Morgan fingerprint density at radius 2 is 1.21 bits per heavy atom. The van der Waals surface area contributed by atoms with E-state index < -0.39 is 19.5 Å². The molecule has 14 heteroatoms. The third-order valence-electron chi connectivity index (χ3n) is 9.51. The summed E-state index contributed by atoms with van der Waals surface area (Å²) in [5.41, 5.74) is 0.709. The van der Waals surface area contributed by atoms with Crippen molar-refractivity contribution in [2.24, 2.45) is 0 Å². The number of allylic oxidation sites excluding steroid dienone is 2. The summed E-state index contributed by atoms with van der Waals surface area (Å²) in [6, 6.07) is 12.8. The number of hydrogen-bond donors (Lipinski definition) is 2. The van der Waals surface area contributed by atoms with Crippen LogP contribution in [0.3, 0.4) is 0 Å². The number of nitrogens with one attached hydrogen (secondary N) is 2. The zero-order valence-electron chi connectivity index (χ0n) is 32.1. The van der Waals surface area contributed by atoms with Gasteiger partial charge in [0.05, 0.1) is 0 Å². The number of benzene rings is 2. The molecule has 2 aromatic carbocycles. The SMILES string of the molecule is COC1=CC(OC)=C([PH](CC(=O)NCCCC(=O)Nc2ccccc2)(C2=C(OC)C=C(OC)C[C@@H]2OC)c2c(OC)cc(OC)cc2OC)[C@@H](OC)C1. The molecule has 0 fully saturated rings. The summed E-state index contributed by atoms with van der Waals surface area (Å²) >= 11 is 0. The number of methoxy groups -OCH3 is 9. The third kappa shape index (κ3) is 9.09. The molecule has 0 unspecified atom stereocenters. The molecule has 53 heavy (non-hydrogen) atoms. The summed E-state index contributed by atoms with van der Waals surface area (Å²) in [6.07, 6.45) is 3.69. The van der Waals surface area contributed by atoms with Gasteiger partial charge in [0.1, 0.15) is 0 Å². The quantitative estimate of drug-likeness (QED) is 0.144. The van der Waals surface area contributed by atoms with Crippen LogP contribution in [-0.4, -0.2) is 101 Å². The Labute approximate surface area is 312 Å². The Bertz CT molecular complexity index is 1640. The number of carbonyl (C=O) groups is 2. The fourth-order valence-corrected chi connectivity index (χ4v) is 13.0. The van der Waals surface area contributed by atoms with Crippen molar-refractivity contribution in [1.82, 2.24) is 5.32 Å². The normalized spacial score (nSPS) is 17.6. The first-order valence-corrected chi connectivity index (χ1v) is 19.4. The Hall–Kier alpha value is -4.71. The Balaban J connectivity index is 1.99. The zero-order chi connectivity index (χ0) is 38.5. The van der Waals surface area contributed by atoms with Gasteiger partial charge in [0.25, 0.3) is 0 Å². The van der Waals surface area contributed by atoms with E-state index in [-0.39, 0.29) is 30.9 Å². The summed E-state index contributed by atoms with van der Waals surface area (Å²) in [5, 5.41) is 8.06. The van der Waals surface area contributed by atoms with E-state index in [2.05, 4.69) is 10.6 Å². The van der Waals surface area contributed by atoms with Crippen LogP contribution < -0.4 is 30.1 Å². The van der Waals surface area contributed by atoms with Crippen LogP contribution in [0.2, 0.25) is 0 Å². The molecule has 0 radical (unpaired) electrons. The Morgan fingerprint density at radius 3 is 1.64 bits per heavy atom. The van der Waals surface area contributed by atoms with Gasteiger partial charge in [0.2, 0.25) is 0 Å². The molecule has 0 heterocycles. The predicted molar refractivity (Wildman–Crippen MR) is 205 cm³/mol. The summed E-state index contributed by atoms with van der Waals surface area (Å²) in [6.45, 7) is 0.248. The third-order valence-corrected chi connectivity index (χ3v) is 14.7. The van der Waals surface area contributed by atoms with Gasteiger partial charge < -0.3 is 0 Å². The first kappa shape index (κ1) is 41.1. The zero-order valence-corrected chi connectivity index (χ0v) is 33.1. The minimum absolute atomic E-state index is 0.0708. The molecule has 2 amide bonds. The number of carbonyl (C=O) groups excluding carboxylic acids is 2. The van der Waals surface area contributed by atoms with Crippen LogP contribution in [0.1, 0.15) is 25.7 Å². The van der Waals surface area contributed by atoms with Gasteiger partial charge in [-0.3, -0.25) is 0 Å². The molecule has 0 bridgehead atoms. The van der Waals surface area contributed by atoms with E-state index in [1.54, 1.807) is 76.1 Å². The summed E-state index contributed by atoms with van der Waals surface area (Å²) in [7, 11) is 10.3. The standard InChI is InChI=1S/C39H53N2O11P/c1-44-26-18-29(47-4)37(30(19-26)48-5)53(38-31(49-6)20-27(45-2)21-32(38)50-7,39-33(51-8)22-28(46-3)23-34(39)52-9)24-36(43)40-17-13-16-35(42)41-25-14-11-10-12-15-25/h10-12,14-15,18-20,22,32,34,53H,13,16-17,21,23-24H2,1-9H3,(H,40,43)(H,41,42)/t32-,34-/m0/s1. The van der Waals surface area contributed by atoms with Crippen molar-refractivity contribution < 1.29 is 52.2 Å². The number of anilines is 1. The van der Waals surface area contributed by atoms with Gasteiger partial charge in [-0.15, -0.1) is 0 Å². The Morgan fingerprint density at radius 1 is 0.679 bits per heavy atom. The monoisotopic (exact) mass is 756 g/mol. The van der Waals surface area contributed by atoms with Crippen molar-refractivity contribution in [2.75, 3.05) is 82.0 Å². The number of amides is 2. The predicted octanol–water partition coefficient (Wildman–Crippen LogP) is 5.24. The van der Waals surface area contributed by atoms with E-state index >= 15 is 0 Å². The summed E-state index contributed by atoms with van der Waals surface area (Å²) < 4.78 is 54.2. The van der Waals surface area contributed by atoms with Crippen molar-refractivity contribution in [1.29, 1.82) is 0 Å². The van der Waals surface area contributed by atoms with Crippen LogP contribution >= 0.6 is 7.26 Å². The molecule has 0 aliphatic heterocycles. The van der Waals surface area contributed by atoms with Crippen molar-refractivity contribution >= 4 is 30.1 Å². The van der Waals surface area contributed by atoms with Crippen LogP contribution in [0.15, 0.2) is 88.3 Å². The number of para-hydroxylation sites is 1. The van der Waals surface area contributed by atoms with Crippen molar-refractivity contribution in [3.8, 4) is 17.2 Å². The van der Waals surface area contributed by atoms with Crippen LogP contribution in [-0.2, 0) is 38.0 Å². The summed E-state index contributed by atoms with van der Waals surface area (Å²) in [5.74, 6) is 3.14. The Kier molecular flexibility index (Phi) is 15.0. The number of ether oxygens (including phenoxy) is 9. The molecule has 2 N–H and O–H groups in total. The van der Waals surface area contributed by atoms with Gasteiger partial charge in [-0.1, -0.05) is 0 Å². The number of hydrogen-bond acceptors (Lipinski definition) is 11. The van der Waals surface area contributed by atoms with Gasteiger partial charge in [-0.25, -0.2) is 0 Å². The van der Waals surface area contributed by atoms with E-state index in [0.29, 0.717) is 70.5 Å². The van der Waals surface area contributed by atoms with Crippen LogP contribution in [0.4, 0.5) is 5.69 Å².